The van der Waals surface area contributed by atoms with Crippen molar-refractivity contribution in [1.82, 2.24) is 29.6 Å². The van der Waals surface area contributed by atoms with Crippen molar-refractivity contribution in [1.29, 1.82) is 0 Å². The first-order valence-electron chi connectivity index (χ1n) is 12.2. The van der Waals surface area contributed by atoms with Crippen LogP contribution in [0.1, 0.15) is 51.1 Å². The molecule has 3 aromatic rings. The summed E-state index contributed by atoms with van der Waals surface area (Å²) in [5.74, 6) is 0.773. The van der Waals surface area contributed by atoms with Gasteiger partial charge in [0.05, 0.1) is 31.5 Å². The topological polar surface area (TPSA) is 93.9 Å². The molecule has 0 spiro atoms. The number of fused-ring (bicyclic) bond motifs is 1. The molecule has 4 rings (SSSR count). The number of halogens is 3. The van der Waals surface area contributed by atoms with E-state index < -0.39 is 30.7 Å². The number of ether oxygens (including phenoxy) is 2. The molecular weight excluding hydrogens is 489 g/mol. The van der Waals surface area contributed by atoms with Crippen molar-refractivity contribution < 1.29 is 27.4 Å². The summed E-state index contributed by atoms with van der Waals surface area (Å²) in [5.41, 5.74) is 2.41. The van der Waals surface area contributed by atoms with Gasteiger partial charge in [-0.25, -0.2) is 19.7 Å². The first kappa shape index (κ1) is 26.5. The molecule has 1 saturated carbocycles. The highest BCUT2D eigenvalue weighted by molar-refractivity contribution is 5.75. The van der Waals surface area contributed by atoms with Crippen LogP contribution in [0.5, 0.6) is 11.8 Å². The summed E-state index contributed by atoms with van der Waals surface area (Å²) in [4.78, 5) is 28.0. The third kappa shape index (κ3) is 6.05. The Morgan fingerprint density at radius 2 is 1.97 bits per heavy atom. The fourth-order valence-electron chi connectivity index (χ4n) is 4.47. The summed E-state index contributed by atoms with van der Waals surface area (Å²) in [6, 6.07) is 0.534. The lowest BCUT2D eigenvalue weighted by Crippen LogP contribution is -2.46. The van der Waals surface area contributed by atoms with Crippen LogP contribution in [-0.4, -0.2) is 63.3 Å². The molecule has 1 fully saturated rings. The molecule has 0 radical (unpaired) electrons. The number of pyridine rings is 1. The maximum Gasteiger partial charge on any atom is 0.389 e. The second-order valence-corrected chi connectivity index (χ2v) is 9.13. The Morgan fingerprint density at radius 1 is 1.24 bits per heavy atom. The van der Waals surface area contributed by atoms with Crippen molar-refractivity contribution in [2.75, 3.05) is 20.8 Å². The van der Waals surface area contributed by atoms with Gasteiger partial charge in [-0.1, -0.05) is 0 Å². The fourth-order valence-corrected chi connectivity index (χ4v) is 4.47. The van der Waals surface area contributed by atoms with Crippen LogP contribution in [0.4, 0.5) is 18.0 Å². The normalized spacial score (nSPS) is 15.3. The van der Waals surface area contributed by atoms with Gasteiger partial charge in [-0.05, 0) is 50.7 Å². The average Bonchev–Trinajstić information content (AvgIpc) is 3.61. The maximum absolute atomic E-state index is 13.2. The van der Waals surface area contributed by atoms with Crippen LogP contribution in [0.3, 0.4) is 0 Å². The number of urea groups is 1. The van der Waals surface area contributed by atoms with Gasteiger partial charge in [0.2, 0.25) is 5.88 Å². The molecule has 0 aliphatic heterocycles. The van der Waals surface area contributed by atoms with Gasteiger partial charge < -0.3 is 24.1 Å². The lowest BCUT2D eigenvalue weighted by atomic mass is 10.0. The number of alkyl halides is 3. The zero-order chi connectivity index (χ0) is 26.7. The summed E-state index contributed by atoms with van der Waals surface area (Å²) >= 11 is 0. The van der Waals surface area contributed by atoms with Crippen LogP contribution < -0.4 is 14.8 Å². The fraction of sp³-hybridized carbons (Fsp3) is 0.520. The van der Waals surface area contributed by atoms with Crippen molar-refractivity contribution >= 4 is 11.7 Å². The summed E-state index contributed by atoms with van der Waals surface area (Å²) < 4.78 is 51.1. The summed E-state index contributed by atoms with van der Waals surface area (Å²) in [6.07, 6.45) is 3.18. The molecule has 2 amide bonds. The van der Waals surface area contributed by atoms with Crippen molar-refractivity contribution in [3.8, 4) is 23.0 Å². The van der Waals surface area contributed by atoms with Gasteiger partial charge in [0.1, 0.15) is 0 Å². The Bertz CT molecular complexity index is 1240. The number of imidazole rings is 1. The molecule has 0 bridgehead atoms. The molecule has 1 aliphatic carbocycles. The van der Waals surface area contributed by atoms with E-state index in [1.54, 1.807) is 34.1 Å². The van der Waals surface area contributed by atoms with E-state index in [9.17, 15) is 18.0 Å². The molecule has 0 saturated heterocycles. The summed E-state index contributed by atoms with van der Waals surface area (Å²) in [7, 11) is 3.02. The second kappa shape index (κ2) is 10.8. The van der Waals surface area contributed by atoms with E-state index in [2.05, 4.69) is 20.3 Å². The predicted octanol–water partition coefficient (Wildman–Crippen LogP) is 5.02. The smallest absolute Gasteiger partial charge is 0.389 e. The SMILES string of the molecule is CCN(C(=O)NC(CCC(F)(F)F)C1CC1)C(C)c1cnc(OC)c(-c2cn3ccnc3c(OC)n2)c1. The van der Waals surface area contributed by atoms with E-state index in [-0.39, 0.29) is 12.3 Å². The Kier molecular flexibility index (Phi) is 7.74. The highest BCUT2D eigenvalue weighted by atomic mass is 19.4. The van der Waals surface area contributed by atoms with E-state index in [0.717, 1.165) is 18.4 Å². The number of amides is 2. The van der Waals surface area contributed by atoms with Gasteiger partial charge in [-0.2, -0.15) is 13.2 Å². The minimum atomic E-state index is -4.25. The highest BCUT2D eigenvalue weighted by Gasteiger charge is 2.37. The van der Waals surface area contributed by atoms with Crippen LogP contribution >= 0.6 is 0 Å². The van der Waals surface area contributed by atoms with Crippen molar-refractivity contribution in [2.45, 2.75) is 57.8 Å². The van der Waals surface area contributed by atoms with Crippen molar-refractivity contribution in [2.24, 2.45) is 5.92 Å². The molecule has 1 N–H and O–H groups in total. The lowest BCUT2D eigenvalue weighted by molar-refractivity contribution is -0.136. The number of nitrogens with one attached hydrogen (secondary N) is 1. The van der Waals surface area contributed by atoms with Crippen LogP contribution in [0.2, 0.25) is 0 Å². The van der Waals surface area contributed by atoms with E-state index in [1.807, 2.05) is 19.9 Å². The minimum Gasteiger partial charge on any atom is -0.481 e. The Hall–Kier alpha value is -3.57. The van der Waals surface area contributed by atoms with E-state index in [4.69, 9.17) is 9.47 Å². The first-order valence-corrected chi connectivity index (χ1v) is 12.2. The highest BCUT2D eigenvalue weighted by Crippen LogP contribution is 2.37. The van der Waals surface area contributed by atoms with Crippen LogP contribution in [-0.2, 0) is 0 Å². The van der Waals surface area contributed by atoms with Gasteiger partial charge in [0.25, 0.3) is 5.88 Å². The van der Waals surface area contributed by atoms with Gasteiger partial charge in [0, 0.05) is 43.8 Å². The zero-order valence-corrected chi connectivity index (χ0v) is 21.2. The van der Waals surface area contributed by atoms with E-state index in [0.29, 0.717) is 35.2 Å². The van der Waals surface area contributed by atoms with E-state index in [1.165, 1.54) is 14.2 Å². The Morgan fingerprint density at radius 3 is 2.59 bits per heavy atom. The molecule has 200 valence electrons. The van der Waals surface area contributed by atoms with E-state index >= 15 is 0 Å². The third-order valence-corrected chi connectivity index (χ3v) is 6.67. The van der Waals surface area contributed by atoms with Crippen LogP contribution in [0, 0.1) is 5.92 Å². The molecule has 1 aliphatic rings. The Balaban J connectivity index is 1.59. The largest absolute Gasteiger partial charge is 0.481 e. The molecule has 9 nitrogen and oxygen atoms in total. The van der Waals surface area contributed by atoms with Crippen molar-refractivity contribution in [3.63, 3.8) is 0 Å². The molecule has 3 aromatic heterocycles. The summed E-state index contributed by atoms with van der Waals surface area (Å²) in [6.45, 7) is 4.04. The number of aromatic nitrogens is 4. The number of hydrogen-bond donors (Lipinski definition) is 1. The molecule has 37 heavy (non-hydrogen) atoms. The number of carbonyl (C=O) groups is 1. The summed E-state index contributed by atoms with van der Waals surface area (Å²) in [5, 5.41) is 2.86. The van der Waals surface area contributed by atoms with Gasteiger partial charge in [-0.3, -0.25) is 0 Å². The Labute approximate surface area is 213 Å². The molecule has 2 unspecified atom stereocenters. The molecule has 3 heterocycles. The van der Waals surface area contributed by atoms with Gasteiger partial charge in [-0.15, -0.1) is 0 Å². The maximum atomic E-state index is 13.2. The molecular formula is C25H31F3N6O3. The molecule has 0 aromatic carbocycles. The number of nitrogens with zero attached hydrogens (tertiary/aromatic N) is 5. The molecule has 2 atom stereocenters. The number of hydrogen-bond acceptors (Lipinski definition) is 6. The van der Waals surface area contributed by atoms with Crippen LogP contribution in [0.15, 0.2) is 30.9 Å². The first-order chi connectivity index (χ1) is 17.6. The number of methoxy groups -OCH3 is 2. The molecule has 12 heteroatoms. The quantitative estimate of drug-likeness (QED) is 0.403. The third-order valence-electron chi connectivity index (χ3n) is 6.67. The standard InChI is InChI=1S/C25H31F3N6O3/c1-5-34(24(35)32-19(16-6-7-16)8-9-25(26,27)28)15(2)17-12-18(22(36-3)30-13-17)20-14-33-11-10-29-21(33)23(31-20)37-4/h10-16,19H,5-9H2,1-4H3,(H,32,35). The minimum absolute atomic E-state index is 0.0914. The predicted molar refractivity (Wildman–Crippen MR) is 130 cm³/mol. The number of carbonyl (C=O) groups excluding carboxylic acids is 1. The second-order valence-electron chi connectivity index (χ2n) is 9.13. The lowest BCUT2D eigenvalue weighted by Gasteiger charge is -2.31. The number of rotatable bonds is 10. The average molecular weight is 521 g/mol. The zero-order valence-electron chi connectivity index (χ0n) is 21.2. The monoisotopic (exact) mass is 520 g/mol. The van der Waals surface area contributed by atoms with Crippen molar-refractivity contribution in [3.05, 3.63) is 36.4 Å². The van der Waals surface area contributed by atoms with Gasteiger partial charge in [0.15, 0.2) is 5.65 Å². The van der Waals surface area contributed by atoms with Gasteiger partial charge >= 0.3 is 12.2 Å². The van der Waals surface area contributed by atoms with Crippen LogP contribution in [0.25, 0.3) is 16.9 Å².